The number of hydrogen-bond acceptors (Lipinski definition) is 8. The maximum absolute atomic E-state index is 13.0. The molecule has 1 aliphatic carbocycles. The molecular formula is C28H20F24MoO11P2. The molecule has 1 aromatic heterocycles. The molecule has 1 aliphatic rings. The van der Waals surface area contributed by atoms with E-state index in [2.05, 4.69) is 47.1 Å². The van der Waals surface area contributed by atoms with Crippen molar-refractivity contribution in [2.45, 2.75) is 105 Å². The molecule has 66 heavy (non-hydrogen) atoms. The van der Waals surface area contributed by atoms with E-state index in [-0.39, 0.29) is 0 Å². The number of ether oxygens (including phenoxy) is 1. The Balaban J connectivity index is -0.00000197. The number of rotatable bonds is 15. The van der Waals surface area contributed by atoms with Crippen molar-refractivity contribution in [3.63, 3.8) is 0 Å². The Morgan fingerprint density at radius 3 is 1.02 bits per heavy atom. The second-order valence-electron chi connectivity index (χ2n) is 10.8. The van der Waals surface area contributed by atoms with Crippen LogP contribution in [0.2, 0.25) is 0 Å². The van der Waals surface area contributed by atoms with Gasteiger partial charge in [-0.25, -0.2) is 0 Å². The predicted octanol–water partition coefficient (Wildman–Crippen LogP) is 11.9. The molecule has 2 atom stereocenters. The molecule has 0 amide bonds. The van der Waals surface area contributed by atoms with E-state index in [1.54, 1.807) is 13.4 Å². The summed E-state index contributed by atoms with van der Waals surface area (Å²) in [6.45, 7) is 13.5. The van der Waals surface area contributed by atoms with Crippen molar-refractivity contribution in [1.29, 1.82) is 0 Å². The first-order valence-corrected chi connectivity index (χ1v) is 18.4. The third-order valence-electron chi connectivity index (χ3n) is 6.11. The number of hydrogen-bond donors (Lipinski definition) is 0. The summed E-state index contributed by atoms with van der Waals surface area (Å²) in [6, 6.07) is 3.74. The fourth-order valence-corrected chi connectivity index (χ4v) is 6.71. The van der Waals surface area contributed by atoms with Crippen LogP contribution in [0, 0.1) is 20.0 Å². The fraction of sp³-hybridized carbons (Fsp3) is 0.643. The third-order valence-corrected chi connectivity index (χ3v) is 9.27. The summed E-state index contributed by atoms with van der Waals surface area (Å²) < 4.78 is 365. The standard InChI is InChI=1S/C17H12F24O6P2.C8H8O2.3CO.Mo/c18-10(19,20)6(11(21,22)23)44-48(45-7(12(24,25)26)13(27,28)29)42-4-2-1-3-5(4)43-49(46-8(14(30,31)32)15(33,34)35)47-9(16(36,37)38)17(39,40)41;1-9-6-2-4-8-5-3-7-10-8;3*1-2;/h4-9H,1-3H2;2-5,7H,1H3;;;;/b;4-2+;;;;/t4-,5-;;;;;/m0...../s1. The summed E-state index contributed by atoms with van der Waals surface area (Å²) >= 11 is 1.82. The minimum atomic E-state index is -6.73. The molecule has 1 heterocycles. The maximum atomic E-state index is 13.0. The molecule has 0 radical (unpaired) electrons. The first kappa shape index (κ1) is 68.0. The van der Waals surface area contributed by atoms with Crippen molar-refractivity contribution in [2.24, 2.45) is 0 Å². The Bertz CT molecular complexity index is 1400. The van der Waals surface area contributed by atoms with Crippen molar-refractivity contribution in [2.75, 3.05) is 7.11 Å². The first-order chi connectivity index (χ1) is 29.7. The average Bonchev–Trinajstić information content (AvgIpc) is 3.83. The van der Waals surface area contributed by atoms with Crippen LogP contribution in [0.5, 0.6) is 0 Å². The van der Waals surface area contributed by atoms with Crippen molar-refractivity contribution < 1.29 is 175 Å². The molecule has 0 saturated heterocycles. The number of furan rings is 1. The van der Waals surface area contributed by atoms with Crippen LogP contribution in [0.15, 0.2) is 28.9 Å². The van der Waals surface area contributed by atoms with Gasteiger partial charge in [0.05, 0.1) is 12.2 Å². The molecule has 382 valence electrons. The van der Waals surface area contributed by atoms with Crippen molar-refractivity contribution in [1.82, 2.24) is 0 Å². The molecule has 38 heteroatoms. The summed E-state index contributed by atoms with van der Waals surface area (Å²) in [6.07, 6.45) is -78.4. The summed E-state index contributed by atoms with van der Waals surface area (Å²) in [5, 5.41) is 0. The van der Waals surface area contributed by atoms with E-state index in [1.165, 1.54) is 0 Å². The monoisotopic (exact) mass is 1150 g/mol. The quantitative estimate of drug-likeness (QED) is 0.0556. The van der Waals surface area contributed by atoms with Gasteiger partial charge in [0.2, 0.25) is 0 Å². The number of halogens is 24. The Morgan fingerprint density at radius 1 is 0.561 bits per heavy atom. The Labute approximate surface area is 364 Å². The van der Waals surface area contributed by atoms with Crippen molar-refractivity contribution in [3.05, 3.63) is 50.2 Å². The molecule has 1 saturated carbocycles. The van der Waals surface area contributed by atoms with E-state index in [0.29, 0.717) is 0 Å². The number of methoxy groups -OCH3 is 1. The number of alkyl halides is 24. The zero-order valence-electron chi connectivity index (χ0n) is 30.8. The molecule has 2 rings (SSSR count). The molecular weight excluding hydrogens is 1130 g/mol. The topological polar surface area (TPSA) is 137 Å². The van der Waals surface area contributed by atoms with E-state index >= 15 is 0 Å². The van der Waals surface area contributed by atoms with Crippen LogP contribution in [0.3, 0.4) is 0 Å². The van der Waals surface area contributed by atoms with Gasteiger partial charge in [-0.1, -0.05) is 0 Å². The van der Waals surface area contributed by atoms with Gasteiger partial charge >= 0.3 is 177 Å². The van der Waals surface area contributed by atoms with Crippen LogP contribution in [0.25, 0.3) is 6.08 Å². The Kier molecular flexibility index (Phi) is 29.2. The molecule has 0 spiro atoms. The van der Waals surface area contributed by atoms with Gasteiger partial charge in [-0.05, 0) is 19.3 Å². The van der Waals surface area contributed by atoms with Gasteiger partial charge in [-0.3, -0.25) is 18.1 Å². The Hall–Kier alpha value is -2.30. The summed E-state index contributed by atoms with van der Waals surface area (Å²) in [5.74, 6) is 0.836. The molecule has 1 aromatic rings. The van der Waals surface area contributed by atoms with Crippen molar-refractivity contribution >= 4 is 27.4 Å². The van der Waals surface area contributed by atoms with Crippen LogP contribution < -0.4 is 0 Å². The second kappa shape index (κ2) is 28.4. The van der Waals surface area contributed by atoms with E-state index in [0.717, 1.165) is 9.84 Å². The average molecular weight is 1150 g/mol. The van der Waals surface area contributed by atoms with Crippen LogP contribution in [0.4, 0.5) is 105 Å². The summed E-state index contributed by atoms with van der Waals surface area (Å²) in [4.78, 5) is 0. The summed E-state index contributed by atoms with van der Waals surface area (Å²) in [5.41, 5.74) is 0. The third kappa shape index (κ3) is 25.9. The van der Waals surface area contributed by atoms with Gasteiger partial charge < -0.3 is 9.05 Å². The van der Waals surface area contributed by atoms with Gasteiger partial charge in [-0.2, -0.15) is 105 Å². The molecule has 0 N–H and O–H groups in total. The normalized spacial score (nSPS) is 16.7. The van der Waals surface area contributed by atoms with E-state index in [1.807, 2.05) is 43.6 Å². The molecule has 0 aliphatic heterocycles. The SMILES string of the molecule is CO[C](=[Mo])/C=C/c1ccco1.FC(F)(F)C(OP(OC(C(F)(F)F)C(F)(F)F)O[C@H]1CCC[C@@H]1OP(OC(C(F)(F)F)C(F)(F)F)OC(C(F)(F)F)C(F)(F)F)C(F)(F)F.[C-]#[O+].[C-]#[O+].[C-]#[O+]. The zero-order chi connectivity index (χ0) is 53.1. The van der Waals surface area contributed by atoms with Gasteiger partial charge in [0.15, 0.2) is 0 Å². The van der Waals surface area contributed by atoms with Crippen LogP contribution in [-0.4, -0.2) is 97.2 Å². The van der Waals surface area contributed by atoms with E-state index in [9.17, 15) is 105 Å². The Morgan fingerprint density at radius 2 is 0.818 bits per heavy atom. The van der Waals surface area contributed by atoms with Crippen molar-refractivity contribution in [3.8, 4) is 0 Å². The molecule has 0 aromatic carbocycles. The van der Waals surface area contributed by atoms with Crippen LogP contribution in [0.1, 0.15) is 25.0 Å². The minimum absolute atomic E-state index is 0.782. The van der Waals surface area contributed by atoms with Gasteiger partial charge in [0, 0.05) is 0 Å². The zero-order valence-corrected chi connectivity index (χ0v) is 34.6. The van der Waals surface area contributed by atoms with E-state index in [4.69, 9.17) is 23.1 Å². The first-order valence-electron chi connectivity index (χ1n) is 15.2. The fourth-order valence-electron chi connectivity index (χ4n) is 3.67. The molecule has 0 unspecified atom stereocenters. The van der Waals surface area contributed by atoms with E-state index < -0.39 is 123 Å². The summed E-state index contributed by atoms with van der Waals surface area (Å²) in [7, 11) is -9.00. The molecule has 11 nitrogen and oxygen atoms in total. The van der Waals surface area contributed by atoms with Gasteiger partial charge in [-0.15, -0.1) is 0 Å². The predicted molar refractivity (Wildman–Crippen MR) is 157 cm³/mol. The van der Waals surface area contributed by atoms with Gasteiger partial charge in [0.25, 0.3) is 24.4 Å². The van der Waals surface area contributed by atoms with Gasteiger partial charge in [0.1, 0.15) is 0 Å². The molecule has 1 fully saturated rings. The van der Waals surface area contributed by atoms with Crippen LogP contribution >= 0.6 is 17.2 Å². The second-order valence-corrected chi connectivity index (χ2v) is 14.0. The van der Waals surface area contributed by atoms with Crippen LogP contribution in [-0.2, 0) is 65.2 Å². The molecule has 0 bridgehead atoms.